The molecule has 0 spiro atoms. The molecule has 0 amide bonds. The van der Waals surface area contributed by atoms with Crippen molar-refractivity contribution in [1.82, 2.24) is 0 Å². The summed E-state index contributed by atoms with van der Waals surface area (Å²) in [6.45, 7) is 1.99. The van der Waals surface area contributed by atoms with Gasteiger partial charge in [-0.25, -0.2) is 4.79 Å². The molecule has 0 unspecified atom stereocenters. The van der Waals surface area contributed by atoms with E-state index in [9.17, 15) is 9.59 Å². The molecule has 0 radical (unpaired) electrons. The van der Waals surface area contributed by atoms with Crippen LogP contribution in [0.25, 0.3) is 0 Å². The number of carbonyl (C=O) groups is 2. The number of aliphatic hydroxyl groups excluding tert-OH is 1. The molecule has 1 aromatic heterocycles. The standard InChI is InChI=1S/C16H14O5/c1-10-2-4-11(5-3-10)6-13-7-12(9-21-13)14(17)8-15(18)16(19)20/h2-5,7-9,18H,6H2,1H3,(H,19,20). The zero-order valence-corrected chi connectivity index (χ0v) is 11.4. The Bertz CT molecular complexity index is 692. The van der Waals surface area contributed by atoms with E-state index in [4.69, 9.17) is 14.6 Å². The average molecular weight is 286 g/mol. The monoisotopic (exact) mass is 286 g/mol. The second-order valence-corrected chi connectivity index (χ2v) is 4.66. The molecule has 0 saturated heterocycles. The molecular weight excluding hydrogens is 272 g/mol. The summed E-state index contributed by atoms with van der Waals surface area (Å²) in [5, 5.41) is 17.5. The van der Waals surface area contributed by atoms with Crippen LogP contribution >= 0.6 is 0 Å². The number of benzene rings is 1. The van der Waals surface area contributed by atoms with E-state index in [-0.39, 0.29) is 5.56 Å². The number of rotatable bonds is 5. The van der Waals surface area contributed by atoms with Crippen LogP contribution in [0.2, 0.25) is 0 Å². The molecule has 1 heterocycles. The van der Waals surface area contributed by atoms with Gasteiger partial charge in [-0.2, -0.15) is 0 Å². The minimum atomic E-state index is -1.55. The van der Waals surface area contributed by atoms with Crippen LogP contribution in [-0.4, -0.2) is 22.0 Å². The van der Waals surface area contributed by atoms with E-state index in [2.05, 4.69) is 0 Å². The first-order chi connectivity index (χ1) is 9.95. The van der Waals surface area contributed by atoms with Crippen molar-refractivity contribution in [2.24, 2.45) is 0 Å². The molecule has 0 fully saturated rings. The molecule has 0 aliphatic carbocycles. The first-order valence-corrected chi connectivity index (χ1v) is 6.27. The Kier molecular flexibility index (Phi) is 4.23. The van der Waals surface area contributed by atoms with Gasteiger partial charge in [0, 0.05) is 12.5 Å². The molecule has 0 aliphatic rings. The molecule has 2 aromatic rings. The van der Waals surface area contributed by atoms with Crippen molar-refractivity contribution in [3.05, 3.63) is 70.9 Å². The Balaban J connectivity index is 2.11. The third kappa shape index (κ3) is 3.82. The Morgan fingerprint density at radius 2 is 1.86 bits per heavy atom. The molecule has 0 bridgehead atoms. The summed E-state index contributed by atoms with van der Waals surface area (Å²) in [4.78, 5) is 22.2. The van der Waals surface area contributed by atoms with Gasteiger partial charge in [0.25, 0.3) is 0 Å². The molecule has 1 aromatic carbocycles. The fourth-order valence-corrected chi connectivity index (χ4v) is 1.78. The number of hydrogen-bond acceptors (Lipinski definition) is 4. The van der Waals surface area contributed by atoms with Gasteiger partial charge in [-0.15, -0.1) is 0 Å². The number of hydrogen-bond donors (Lipinski definition) is 2. The van der Waals surface area contributed by atoms with Crippen LogP contribution < -0.4 is 0 Å². The number of aliphatic carboxylic acids is 1. The van der Waals surface area contributed by atoms with E-state index < -0.39 is 17.5 Å². The molecule has 21 heavy (non-hydrogen) atoms. The Labute approximate surface area is 121 Å². The highest BCUT2D eigenvalue weighted by molar-refractivity contribution is 6.07. The van der Waals surface area contributed by atoms with E-state index >= 15 is 0 Å². The minimum absolute atomic E-state index is 0.199. The molecule has 5 nitrogen and oxygen atoms in total. The average Bonchev–Trinajstić information content (AvgIpc) is 2.90. The fourth-order valence-electron chi connectivity index (χ4n) is 1.78. The number of carbonyl (C=O) groups excluding carboxylic acids is 1. The van der Waals surface area contributed by atoms with E-state index in [0.29, 0.717) is 18.3 Å². The number of aliphatic hydroxyl groups is 1. The normalized spacial score (nSPS) is 11.4. The topological polar surface area (TPSA) is 87.7 Å². The molecule has 2 N–H and O–H groups in total. The van der Waals surface area contributed by atoms with Crippen LogP contribution in [0.4, 0.5) is 0 Å². The summed E-state index contributed by atoms with van der Waals surface area (Å²) in [6.07, 6.45) is 2.43. The van der Waals surface area contributed by atoms with Crippen molar-refractivity contribution in [2.45, 2.75) is 13.3 Å². The molecule has 2 rings (SSSR count). The van der Waals surface area contributed by atoms with Crippen LogP contribution in [0.15, 0.2) is 52.8 Å². The van der Waals surface area contributed by atoms with Crippen molar-refractivity contribution in [3.63, 3.8) is 0 Å². The van der Waals surface area contributed by atoms with Gasteiger partial charge in [-0.1, -0.05) is 29.8 Å². The third-order valence-corrected chi connectivity index (χ3v) is 2.92. The lowest BCUT2D eigenvalue weighted by Gasteiger charge is -1.98. The highest BCUT2D eigenvalue weighted by Crippen LogP contribution is 2.15. The molecule has 0 saturated carbocycles. The first kappa shape index (κ1) is 14.6. The van der Waals surface area contributed by atoms with Crippen LogP contribution in [0.1, 0.15) is 27.2 Å². The number of carboxylic acid groups (broad SMARTS) is 1. The molecule has 5 heteroatoms. The van der Waals surface area contributed by atoms with Gasteiger partial charge in [0.05, 0.1) is 5.56 Å². The number of ketones is 1. The fraction of sp³-hybridized carbons (Fsp3) is 0.125. The van der Waals surface area contributed by atoms with Gasteiger partial charge in [0.15, 0.2) is 5.78 Å². The van der Waals surface area contributed by atoms with E-state index in [0.717, 1.165) is 11.1 Å². The highest BCUT2D eigenvalue weighted by Gasteiger charge is 2.12. The van der Waals surface area contributed by atoms with Gasteiger partial charge < -0.3 is 14.6 Å². The molecule has 108 valence electrons. The van der Waals surface area contributed by atoms with Gasteiger partial charge >= 0.3 is 5.97 Å². The summed E-state index contributed by atoms with van der Waals surface area (Å²) in [7, 11) is 0. The lowest BCUT2D eigenvalue weighted by Crippen LogP contribution is -2.03. The van der Waals surface area contributed by atoms with Crippen LogP contribution in [0.5, 0.6) is 0 Å². The molecular formula is C16H14O5. The molecule has 0 aliphatic heterocycles. The minimum Gasteiger partial charge on any atom is -0.502 e. The van der Waals surface area contributed by atoms with Crippen LogP contribution in [0, 0.1) is 6.92 Å². The van der Waals surface area contributed by atoms with E-state index in [1.165, 1.54) is 12.3 Å². The van der Waals surface area contributed by atoms with E-state index in [1.54, 1.807) is 0 Å². The summed E-state index contributed by atoms with van der Waals surface area (Å²) in [5.41, 5.74) is 2.39. The summed E-state index contributed by atoms with van der Waals surface area (Å²) in [5.74, 6) is -2.58. The second-order valence-electron chi connectivity index (χ2n) is 4.66. The summed E-state index contributed by atoms with van der Waals surface area (Å²) >= 11 is 0. The third-order valence-electron chi connectivity index (χ3n) is 2.92. The zero-order chi connectivity index (χ0) is 15.4. The van der Waals surface area contributed by atoms with Crippen LogP contribution in [-0.2, 0) is 11.2 Å². The Morgan fingerprint density at radius 1 is 1.19 bits per heavy atom. The lowest BCUT2D eigenvalue weighted by molar-refractivity contribution is -0.135. The number of allylic oxidation sites excluding steroid dienone is 1. The van der Waals surface area contributed by atoms with Gasteiger partial charge in [0.2, 0.25) is 5.76 Å². The number of furan rings is 1. The lowest BCUT2D eigenvalue weighted by atomic mass is 10.1. The van der Waals surface area contributed by atoms with Crippen molar-refractivity contribution >= 4 is 11.8 Å². The van der Waals surface area contributed by atoms with Crippen molar-refractivity contribution in [1.29, 1.82) is 0 Å². The maximum Gasteiger partial charge on any atom is 0.371 e. The van der Waals surface area contributed by atoms with Crippen molar-refractivity contribution in [3.8, 4) is 0 Å². The van der Waals surface area contributed by atoms with E-state index in [1.807, 2.05) is 31.2 Å². The number of aryl methyl sites for hydroxylation is 1. The first-order valence-electron chi connectivity index (χ1n) is 6.27. The Hall–Kier alpha value is -2.82. The maximum absolute atomic E-state index is 11.7. The predicted molar refractivity (Wildman–Crippen MR) is 75.4 cm³/mol. The van der Waals surface area contributed by atoms with Gasteiger partial charge in [-0.3, -0.25) is 4.79 Å². The summed E-state index contributed by atoms with van der Waals surface area (Å²) < 4.78 is 5.28. The SMILES string of the molecule is Cc1ccc(Cc2cc(C(=O)C=C(O)C(=O)O)co2)cc1. The summed E-state index contributed by atoms with van der Waals surface area (Å²) in [6, 6.07) is 9.44. The highest BCUT2D eigenvalue weighted by atomic mass is 16.4. The quantitative estimate of drug-likeness (QED) is 0.501. The Morgan fingerprint density at radius 3 is 2.48 bits per heavy atom. The number of carboxylic acids is 1. The van der Waals surface area contributed by atoms with Crippen molar-refractivity contribution in [2.75, 3.05) is 0 Å². The largest absolute Gasteiger partial charge is 0.502 e. The maximum atomic E-state index is 11.7. The van der Waals surface area contributed by atoms with Crippen LogP contribution in [0.3, 0.4) is 0 Å². The predicted octanol–water partition coefficient (Wildman–Crippen LogP) is 2.89. The second kappa shape index (κ2) is 6.09. The smallest absolute Gasteiger partial charge is 0.371 e. The zero-order valence-electron chi connectivity index (χ0n) is 11.4. The molecule has 0 atom stereocenters. The van der Waals surface area contributed by atoms with Gasteiger partial charge in [0.1, 0.15) is 12.0 Å². The van der Waals surface area contributed by atoms with Crippen molar-refractivity contribution < 1.29 is 24.2 Å². The van der Waals surface area contributed by atoms with Gasteiger partial charge in [-0.05, 0) is 18.6 Å².